The maximum absolute atomic E-state index is 9.69. The molecule has 1 aliphatic heterocycles. The number of imidazole rings is 1. The molecule has 0 bridgehead atoms. The predicted octanol–water partition coefficient (Wildman–Crippen LogP) is 2.11. The molecular formula is C18H21BN6O. The summed E-state index contributed by atoms with van der Waals surface area (Å²) in [5.74, 6) is 0.978. The predicted molar refractivity (Wildman–Crippen MR) is 104 cm³/mol. The highest BCUT2D eigenvalue weighted by atomic mass is 16.2. The molecular weight excluding hydrogens is 327 g/mol. The molecule has 2 aromatic heterocycles. The van der Waals surface area contributed by atoms with E-state index in [1.54, 1.807) is 13.0 Å². The largest absolute Gasteiger partial charge is 0.437 e. The number of aromatic amines is 1. The van der Waals surface area contributed by atoms with E-state index in [0.29, 0.717) is 23.9 Å². The number of nitrogens with one attached hydrogen (secondary N) is 1. The van der Waals surface area contributed by atoms with E-state index in [9.17, 15) is 5.02 Å². The average Bonchev–Trinajstić information content (AvgIpc) is 3.05. The number of aromatic nitrogens is 4. The van der Waals surface area contributed by atoms with Crippen LogP contribution in [-0.4, -0.2) is 49.9 Å². The maximum atomic E-state index is 9.69. The highest BCUT2D eigenvalue weighted by Crippen LogP contribution is 2.27. The summed E-state index contributed by atoms with van der Waals surface area (Å²) in [5.41, 5.74) is 11.5. The van der Waals surface area contributed by atoms with E-state index in [1.807, 2.05) is 29.9 Å². The molecule has 0 amide bonds. The summed E-state index contributed by atoms with van der Waals surface area (Å²) in [7, 11) is -0.445. The minimum atomic E-state index is -0.445. The van der Waals surface area contributed by atoms with E-state index in [-0.39, 0.29) is 0 Å². The molecule has 0 aliphatic carbocycles. The van der Waals surface area contributed by atoms with Crippen molar-refractivity contribution in [3.8, 4) is 11.5 Å². The molecule has 3 heterocycles. The Labute approximate surface area is 152 Å². The molecule has 26 heavy (non-hydrogen) atoms. The van der Waals surface area contributed by atoms with E-state index < -0.39 is 7.05 Å². The van der Waals surface area contributed by atoms with Crippen LogP contribution in [-0.2, 0) is 0 Å². The maximum Gasteiger partial charge on any atom is 0.376 e. The van der Waals surface area contributed by atoms with Gasteiger partial charge in [-0.05, 0) is 50.0 Å². The van der Waals surface area contributed by atoms with Crippen LogP contribution in [0.2, 0.25) is 6.82 Å². The zero-order valence-electron chi connectivity index (χ0n) is 14.9. The van der Waals surface area contributed by atoms with Crippen molar-refractivity contribution in [1.82, 2.24) is 24.7 Å². The Kier molecular flexibility index (Phi) is 4.22. The van der Waals surface area contributed by atoms with Crippen molar-refractivity contribution in [2.24, 2.45) is 0 Å². The second-order valence-electron chi connectivity index (χ2n) is 6.70. The lowest BCUT2D eigenvalue weighted by Crippen LogP contribution is -2.39. The molecule has 132 valence electrons. The Morgan fingerprint density at radius 2 is 2.15 bits per heavy atom. The highest BCUT2D eigenvalue weighted by molar-refractivity contribution is 6.45. The SMILES string of the molecule is CB(O)N1CC=C(c2cnc(N)c(-c3nc4ccc(C)cc4[nH]3)n2)CC1. The van der Waals surface area contributed by atoms with E-state index in [0.717, 1.165) is 40.8 Å². The molecule has 3 aromatic rings. The number of fused-ring (bicyclic) bond motifs is 1. The fourth-order valence-corrected chi connectivity index (χ4v) is 3.22. The Bertz CT molecular complexity index is 997. The van der Waals surface area contributed by atoms with Gasteiger partial charge in [0.15, 0.2) is 11.6 Å². The minimum Gasteiger partial charge on any atom is -0.437 e. The van der Waals surface area contributed by atoms with Gasteiger partial charge in [-0.25, -0.2) is 15.0 Å². The molecule has 0 fully saturated rings. The number of benzene rings is 1. The first-order valence-corrected chi connectivity index (χ1v) is 8.72. The number of aryl methyl sites for hydroxylation is 1. The molecule has 4 N–H and O–H groups in total. The monoisotopic (exact) mass is 348 g/mol. The average molecular weight is 348 g/mol. The fraction of sp³-hybridized carbons (Fsp3) is 0.278. The van der Waals surface area contributed by atoms with Crippen molar-refractivity contribution in [3.63, 3.8) is 0 Å². The van der Waals surface area contributed by atoms with Crippen molar-refractivity contribution >= 4 is 29.5 Å². The summed E-state index contributed by atoms with van der Waals surface area (Å²) in [6.45, 7) is 5.30. The van der Waals surface area contributed by atoms with Crippen molar-refractivity contribution in [2.75, 3.05) is 18.8 Å². The van der Waals surface area contributed by atoms with Crippen molar-refractivity contribution in [3.05, 3.63) is 41.7 Å². The van der Waals surface area contributed by atoms with Crippen LogP contribution in [0.5, 0.6) is 0 Å². The quantitative estimate of drug-likeness (QED) is 0.627. The Hall–Kier alpha value is -2.71. The Balaban J connectivity index is 1.70. The number of rotatable bonds is 3. The van der Waals surface area contributed by atoms with E-state index >= 15 is 0 Å². The Morgan fingerprint density at radius 3 is 2.88 bits per heavy atom. The first kappa shape index (κ1) is 16.7. The van der Waals surface area contributed by atoms with Gasteiger partial charge >= 0.3 is 7.05 Å². The number of anilines is 1. The summed E-state index contributed by atoms with van der Waals surface area (Å²) in [6, 6.07) is 6.05. The van der Waals surface area contributed by atoms with Crippen molar-refractivity contribution < 1.29 is 5.02 Å². The number of hydrogen-bond acceptors (Lipinski definition) is 6. The molecule has 1 aliphatic rings. The molecule has 0 spiro atoms. The number of hydrogen-bond donors (Lipinski definition) is 3. The molecule has 1 aromatic carbocycles. The number of nitrogens with two attached hydrogens (primary N) is 1. The summed E-state index contributed by atoms with van der Waals surface area (Å²) in [5, 5.41) is 9.69. The zero-order valence-corrected chi connectivity index (χ0v) is 14.9. The topological polar surface area (TPSA) is 104 Å². The lowest BCUT2D eigenvalue weighted by Gasteiger charge is -2.26. The normalized spacial score (nSPS) is 15.3. The fourth-order valence-electron chi connectivity index (χ4n) is 3.22. The molecule has 0 saturated heterocycles. The van der Waals surface area contributed by atoms with Gasteiger partial charge < -0.3 is 20.6 Å². The van der Waals surface area contributed by atoms with Gasteiger partial charge in [-0.1, -0.05) is 12.1 Å². The standard InChI is InChI=1S/C18H21BN6O/c1-11-3-4-13-14(9-11)24-18(23-13)16-17(20)21-10-15(22-16)12-5-7-25(8-6-12)19(2)26/h3-5,9-10,26H,6-8H2,1-2H3,(H2,20,21)(H,23,24). The van der Waals surface area contributed by atoms with Gasteiger partial charge in [0, 0.05) is 6.54 Å². The van der Waals surface area contributed by atoms with Gasteiger partial charge in [0.25, 0.3) is 0 Å². The van der Waals surface area contributed by atoms with Gasteiger partial charge in [-0.3, -0.25) is 0 Å². The molecule has 0 unspecified atom stereocenters. The van der Waals surface area contributed by atoms with E-state index in [1.165, 1.54) is 0 Å². The number of H-pyrrole nitrogens is 1. The minimum absolute atomic E-state index is 0.353. The van der Waals surface area contributed by atoms with Gasteiger partial charge in [0.1, 0.15) is 5.69 Å². The van der Waals surface area contributed by atoms with Crippen molar-refractivity contribution in [1.29, 1.82) is 0 Å². The summed E-state index contributed by atoms with van der Waals surface area (Å²) < 4.78 is 0. The van der Waals surface area contributed by atoms with Gasteiger partial charge in [0.05, 0.1) is 22.9 Å². The number of nitrogen functional groups attached to an aromatic ring is 1. The second-order valence-corrected chi connectivity index (χ2v) is 6.70. The van der Waals surface area contributed by atoms with Crippen LogP contribution in [0, 0.1) is 6.92 Å². The second kappa shape index (κ2) is 6.55. The third-order valence-corrected chi connectivity index (χ3v) is 4.76. The van der Waals surface area contributed by atoms with E-state index in [2.05, 4.69) is 21.0 Å². The van der Waals surface area contributed by atoms with Gasteiger partial charge in [-0.2, -0.15) is 0 Å². The van der Waals surface area contributed by atoms with Crippen LogP contribution >= 0.6 is 0 Å². The van der Waals surface area contributed by atoms with Crippen LogP contribution in [0.4, 0.5) is 5.82 Å². The van der Waals surface area contributed by atoms with Crippen LogP contribution in [0.15, 0.2) is 30.5 Å². The smallest absolute Gasteiger partial charge is 0.376 e. The molecule has 8 heteroatoms. The molecule has 0 radical (unpaired) electrons. The van der Waals surface area contributed by atoms with Crippen LogP contribution in [0.1, 0.15) is 17.7 Å². The lowest BCUT2D eigenvalue weighted by atomic mass is 9.83. The lowest BCUT2D eigenvalue weighted by molar-refractivity contribution is 0.392. The van der Waals surface area contributed by atoms with Crippen LogP contribution in [0.3, 0.4) is 0 Å². The summed E-state index contributed by atoms with van der Waals surface area (Å²) in [4.78, 5) is 18.9. The first-order chi connectivity index (χ1) is 12.5. The van der Waals surface area contributed by atoms with Crippen molar-refractivity contribution in [2.45, 2.75) is 20.2 Å². The third-order valence-electron chi connectivity index (χ3n) is 4.76. The zero-order chi connectivity index (χ0) is 18.3. The Morgan fingerprint density at radius 1 is 1.31 bits per heavy atom. The first-order valence-electron chi connectivity index (χ1n) is 8.72. The summed E-state index contributed by atoms with van der Waals surface area (Å²) >= 11 is 0. The highest BCUT2D eigenvalue weighted by Gasteiger charge is 2.21. The molecule has 7 nitrogen and oxygen atoms in total. The van der Waals surface area contributed by atoms with Gasteiger partial charge in [-0.15, -0.1) is 0 Å². The molecule has 0 saturated carbocycles. The van der Waals surface area contributed by atoms with E-state index in [4.69, 9.17) is 10.7 Å². The van der Waals surface area contributed by atoms with Crippen LogP contribution in [0.25, 0.3) is 28.1 Å². The number of nitrogens with zero attached hydrogens (tertiary/aromatic N) is 4. The summed E-state index contributed by atoms with van der Waals surface area (Å²) in [6.07, 6.45) is 4.60. The molecule has 4 rings (SSSR count). The molecule has 0 atom stereocenters. The third kappa shape index (κ3) is 3.09. The van der Waals surface area contributed by atoms with Gasteiger partial charge in [0.2, 0.25) is 0 Å². The van der Waals surface area contributed by atoms with Crippen LogP contribution < -0.4 is 5.73 Å².